The van der Waals surface area contributed by atoms with E-state index in [1.54, 1.807) is 12.3 Å². The van der Waals surface area contributed by atoms with E-state index in [-0.39, 0.29) is 24.5 Å². The van der Waals surface area contributed by atoms with Crippen molar-refractivity contribution < 1.29 is 14.3 Å². The van der Waals surface area contributed by atoms with Crippen LogP contribution in [0.3, 0.4) is 0 Å². The molecule has 0 aliphatic rings. The normalized spacial score (nSPS) is 10.7. The lowest BCUT2D eigenvalue weighted by molar-refractivity contribution is 0.246. The minimum Gasteiger partial charge on any atom is -0.396 e. The number of benzene rings is 1. The Kier molecular flexibility index (Phi) is 7.28. The number of aliphatic hydroxyl groups excluding tert-OH is 1. The van der Waals surface area contributed by atoms with Gasteiger partial charge in [0.25, 0.3) is 0 Å². The van der Waals surface area contributed by atoms with Crippen molar-refractivity contribution in [3.63, 3.8) is 0 Å². The Labute approximate surface area is 152 Å². The Balaban J connectivity index is 2.28. The lowest BCUT2D eigenvalue weighted by Gasteiger charge is -2.23. The average molecular weight is 361 g/mol. The van der Waals surface area contributed by atoms with E-state index in [9.17, 15) is 9.18 Å². The van der Waals surface area contributed by atoms with Crippen molar-refractivity contribution in [1.82, 2.24) is 15.3 Å². The lowest BCUT2D eigenvalue weighted by Crippen LogP contribution is -2.38. The lowest BCUT2D eigenvalue weighted by atomic mass is 10.2. The maximum Gasteiger partial charge on any atom is 0.327 e. The molecule has 0 spiro atoms. The average Bonchev–Trinajstić information content (AvgIpc) is 2.60. The van der Waals surface area contributed by atoms with Gasteiger partial charge in [0.1, 0.15) is 11.6 Å². The Morgan fingerprint density at radius 2 is 1.96 bits per heavy atom. The molecular formula is C18H24FN5O2. The second kappa shape index (κ2) is 9.67. The third-order valence-electron chi connectivity index (χ3n) is 3.44. The molecule has 0 unspecified atom stereocenters. The van der Waals surface area contributed by atoms with Crippen molar-refractivity contribution in [3.8, 4) is 0 Å². The molecular weight excluding hydrogens is 337 g/mol. The molecule has 0 saturated heterocycles. The minimum absolute atomic E-state index is 0.0771. The Hall–Kier alpha value is -2.74. The summed E-state index contributed by atoms with van der Waals surface area (Å²) < 4.78 is 13.3. The third kappa shape index (κ3) is 5.66. The molecule has 26 heavy (non-hydrogen) atoms. The number of urea groups is 1. The zero-order valence-electron chi connectivity index (χ0n) is 14.9. The summed E-state index contributed by atoms with van der Waals surface area (Å²) >= 11 is 0. The largest absolute Gasteiger partial charge is 0.396 e. The number of hydrogen-bond acceptors (Lipinski definition) is 5. The van der Waals surface area contributed by atoms with Gasteiger partial charge in [-0.2, -0.15) is 4.98 Å². The predicted octanol–water partition coefficient (Wildman–Crippen LogP) is 3.06. The maximum atomic E-state index is 13.3. The summed E-state index contributed by atoms with van der Waals surface area (Å²) in [7, 11) is 0. The van der Waals surface area contributed by atoms with Crippen LogP contribution in [0.4, 0.5) is 26.6 Å². The molecule has 2 amide bonds. The molecule has 0 radical (unpaired) electrons. The molecule has 1 aromatic heterocycles. The van der Waals surface area contributed by atoms with E-state index in [1.165, 1.54) is 29.2 Å². The van der Waals surface area contributed by atoms with Gasteiger partial charge in [0, 0.05) is 31.5 Å². The fourth-order valence-electron chi connectivity index (χ4n) is 2.26. The number of halogens is 1. The molecule has 140 valence electrons. The summed E-state index contributed by atoms with van der Waals surface area (Å²) in [6.45, 7) is 4.41. The summed E-state index contributed by atoms with van der Waals surface area (Å²) in [6, 6.07) is 6.97. The van der Waals surface area contributed by atoms with Gasteiger partial charge in [-0.05, 0) is 51.0 Å². The third-order valence-corrected chi connectivity index (χ3v) is 3.44. The highest BCUT2D eigenvalue weighted by molar-refractivity contribution is 5.98. The molecule has 0 aliphatic carbocycles. The topological polar surface area (TPSA) is 90.4 Å². The first-order valence-electron chi connectivity index (χ1n) is 8.55. The molecule has 1 aromatic carbocycles. The number of unbranched alkanes of at least 4 members (excludes halogenated alkanes) is 1. The van der Waals surface area contributed by atoms with E-state index in [1.807, 2.05) is 13.8 Å². The Morgan fingerprint density at radius 3 is 2.62 bits per heavy atom. The molecule has 8 heteroatoms. The van der Waals surface area contributed by atoms with Crippen molar-refractivity contribution in [2.45, 2.75) is 32.7 Å². The molecule has 0 saturated carbocycles. The monoisotopic (exact) mass is 361 g/mol. The van der Waals surface area contributed by atoms with E-state index in [0.29, 0.717) is 36.8 Å². The van der Waals surface area contributed by atoms with Crippen LogP contribution in [0.25, 0.3) is 0 Å². The van der Waals surface area contributed by atoms with Gasteiger partial charge in [-0.25, -0.2) is 19.1 Å². The quantitative estimate of drug-likeness (QED) is 0.629. The molecule has 1 heterocycles. The molecule has 2 aromatic rings. The van der Waals surface area contributed by atoms with E-state index >= 15 is 0 Å². The van der Waals surface area contributed by atoms with Crippen molar-refractivity contribution >= 4 is 23.5 Å². The summed E-state index contributed by atoms with van der Waals surface area (Å²) in [4.78, 5) is 22.6. The number of nitrogens with one attached hydrogen (secondary N) is 2. The van der Waals surface area contributed by atoms with E-state index < -0.39 is 0 Å². The van der Waals surface area contributed by atoms with Crippen LogP contribution in [-0.4, -0.2) is 40.3 Å². The van der Waals surface area contributed by atoms with Gasteiger partial charge in [0.2, 0.25) is 5.95 Å². The Bertz CT molecular complexity index is 709. The first-order valence-corrected chi connectivity index (χ1v) is 8.55. The van der Waals surface area contributed by atoms with Crippen LogP contribution in [0, 0.1) is 5.82 Å². The number of aliphatic hydroxyl groups is 1. The van der Waals surface area contributed by atoms with Crippen LogP contribution in [0.2, 0.25) is 0 Å². The van der Waals surface area contributed by atoms with Crippen LogP contribution in [-0.2, 0) is 0 Å². The van der Waals surface area contributed by atoms with Crippen LogP contribution < -0.4 is 15.5 Å². The highest BCUT2D eigenvalue weighted by atomic mass is 19.1. The summed E-state index contributed by atoms with van der Waals surface area (Å²) in [5, 5.41) is 14.7. The van der Waals surface area contributed by atoms with Crippen LogP contribution in [0.1, 0.15) is 26.7 Å². The highest BCUT2D eigenvalue weighted by Crippen LogP contribution is 2.24. The molecule has 7 nitrogen and oxygen atoms in total. The highest BCUT2D eigenvalue weighted by Gasteiger charge is 2.20. The molecule has 0 aliphatic heterocycles. The van der Waals surface area contributed by atoms with Crippen molar-refractivity contribution in [3.05, 3.63) is 42.3 Å². The first-order chi connectivity index (χ1) is 12.5. The van der Waals surface area contributed by atoms with Gasteiger partial charge >= 0.3 is 6.03 Å². The molecule has 0 bridgehead atoms. The number of nitrogens with zero attached hydrogens (tertiary/aromatic N) is 3. The van der Waals surface area contributed by atoms with E-state index in [4.69, 9.17) is 5.11 Å². The zero-order valence-corrected chi connectivity index (χ0v) is 14.9. The van der Waals surface area contributed by atoms with Crippen LogP contribution >= 0.6 is 0 Å². The zero-order chi connectivity index (χ0) is 18.9. The van der Waals surface area contributed by atoms with Gasteiger partial charge in [-0.3, -0.25) is 0 Å². The number of hydrogen-bond donors (Lipinski definition) is 3. The van der Waals surface area contributed by atoms with Gasteiger partial charge in [0.15, 0.2) is 0 Å². The SMILES string of the molecule is CC(C)Nc1nccc(N(C(=O)NCCCCO)c2ccc(F)cc2)n1. The van der Waals surface area contributed by atoms with Gasteiger partial charge in [-0.15, -0.1) is 0 Å². The first kappa shape index (κ1) is 19.6. The number of rotatable bonds is 8. The van der Waals surface area contributed by atoms with E-state index in [2.05, 4.69) is 20.6 Å². The maximum absolute atomic E-state index is 13.3. The second-order valence-electron chi connectivity index (χ2n) is 6.01. The van der Waals surface area contributed by atoms with E-state index in [0.717, 1.165) is 0 Å². The van der Waals surface area contributed by atoms with Gasteiger partial charge in [0.05, 0.1) is 5.69 Å². The van der Waals surface area contributed by atoms with Crippen LogP contribution in [0.5, 0.6) is 0 Å². The van der Waals surface area contributed by atoms with Crippen molar-refractivity contribution in [2.75, 3.05) is 23.4 Å². The summed E-state index contributed by atoms with van der Waals surface area (Å²) in [6.07, 6.45) is 2.82. The van der Waals surface area contributed by atoms with Gasteiger partial charge < -0.3 is 15.7 Å². The summed E-state index contributed by atoms with van der Waals surface area (Å²) in [5.41, 5.74) is 0.486. The number of carbonyl (C=O) groups is 1. The number of amides is 2. The number of anilines is 3. The minimum atomic E-state index is -0.387. The fraction of sp³-hybridized carbons (Fsp3) is 0.389. The predicted molar refractivity (Wildman–Crippen MR) is 99.0 cm³/mol. The molecule has 0 atom stereocenters. The summed E-state index contributed by atoms with van der Waals surface area (Å²) in [5.74, 6) is 0.383. The fourth-order valence-corrected chi connectivity index (χ4v) is 2.26. The standard InChI is InChI=1S/C18H24FN5O2/c1-13(2)22-17-20-11-9-16(23-17)24(15-7-5-14(19)6-8-15)18(26)21-10-3-4-12-25/h5-9,11,13,25H,3-4,10,12H2,1-2H3,(H,21,26)(H,20,22,23). The van der Waals surface area contributed by atoms with Crippen LogP contribution in [0.15, 0.2) is 36.5 Å². The second-order valence-corrected chi connectivity index (χ2v) is 6.01. The molecule has 0 fully saturated rings. The number of carbonyl (C=O) groups excluding carboxylic acids is 1. The number of aromatic nitrogens is 2. The molecule has 3 N–H and O–H groups in total. The van der Waals surface area contributed by atoms with Crippen molar-refractivity contribution in [2.24, 2.45) is 0 Å². The Morgan fingerprint density at radius 1 is 1.23 bits per heavy atom. The smallest absolute Gasteiger partial charge is 0.327 e. The molecule has 2 rings (SSSR count). The van der Waals surface area contributed by atoms with Gasteiger partial charge in [-0.1, -0.05) is 0 Å². The van der Waals surface area contributed by atoms with Crippen molar-refractivity contribution in [1.29, 1.82) is 0 Å².